The first-order valence-electron chi connectivity index (χ1n) is 7.67. The second-order valence-electron chi connectivity index (χ2n) is 5.09. The van der Waals surface area contributed by atoms with Crippen LogP contribution in [0.1, 0.15) is 10.4 Å². The molecular formula is C18H17F2NO6. The number of nitrogens with one attached hydrogen (secondary N) is 1. The van der Waals surface area contributed by atoms with Crippen LogP contribution >= 0.6 is 0 Å². The van der Waals surface area contributed by atoms with Gasteiger partial charge in [0, 0.05) is 11.8 Å². The maximum Gasteiger partial charge on any atom is 0.387 e. The highest BCUT2D eigenvalue weighted by molar-refractivity contribution is 5.94. The second-order valence-corrected chi connectivity index (χ2v) is 5.09. The first-order chi connectivity index (χ1) is 12.9. The Morgan fingerprint density at radius 1 is 1.04 bits per heavy atom. The van der Waals surface area contributed by atoms with Crippen molar-refractivity contribution in [2.24, 2.45) is 0 Å². The van der Waals surface area contributed by atoms with Crippen LogP contribution in [-0.4, -0.2) is 39.3 Å². The van der Waals surface area contributed by atoms with E-state index in [2.05, 4.69) is 14.8 Å². The summed E-state index contributed by atoms with van der Waals surface area (Å²) >= 11 is 0. The average Bonchev–Trinajstić information content (AvgIpc) is 2.66. The summed E-state index contributed by atoms with van der Waals surface area (Å²) in [5, 5.41) is 2.53. The monoisotopic (exact) mass is 381 g/mol. The molecule has 0 saturated carbocycles. The molecule has 0 aliphatic carbocycles. The van der Waals surface area contributed by atoms with E-state index in [0.717, 1.165) is 0 Å². The lowest BCUT2D eigenvalue weighted by Gasteiger charge is -2.12. The highest BCUT2D eigenvalue weighted by Crippen LogP contribution is 2.25. The third kappa shape index (κ3) is 5.84. The molecule has 0 aliphatic heterocycles. The van der Waals surface area contributed by atoms with Gasteiger partial charge in [0.25, 0.3) is 5.91 Å². The van der Waals surface area contributed by atoms with E-state index in [1.807, 2.05) is 0 Å². The smallest absolute Gasteiger partial charge is 0.387 e. The summed E-state index contributed by atoms with van der Waals surface area (Å²) in [6.07, 6.45) is 0. The molecule has 7 nitrogen and oxygen atoms in total. The maximum atomic E-state index is 12.1. The van der Waals surface area contributed by atoms with Gasteiger partial charge in [-0.15, -0.1) is 0 Å². The summed E-state index contributed by atoms with van der Waals surface area (Å²) in [4.78, 5) is 23.8. The quantitative estimate of drug-likeness (QED) is 0.708. The number of amides is 1. The molecular weight excluding hydrogens is 364 g/mol. The maximum absolute atomic E-state index is 12.1. The summed E-state index contributed by atoms with van der Waals surface area (Å²) in [6.45, 7) is -3.32. The summed E-state index contributed by atoms with van der Waals surface area (Å²) < 4.78 is 43.6. The lowest BCUT2D eigenvalue weighted by atomic mass is 10.2. The van der Waals surface area contributed by atoms with Crippen molar-refractivity contribution in [3.63, 3.8) is 0 Å². The van der Waals surface area contributed by atoms with Gasteiger partial charge in [-0.25, -0.2) is 4.79 Å². The Kier molecular flexibility index (Phi) is 6.93. The van der Waals surface area contributed by atoms with Crippen molar-refractivity contribution < 1.29 is 37.3 Å². The van der Waals surface area contributed by atoms with E-state index < -0.39 is 25.1 Å². The molecule has 1 amide bonds. The predicted molar refractivity (Wildman–Crippen MR) is 91.5 cm³/mol. The van der Waals surface area contributed by atoms with Gasteiger partial charge in [-0.05, 0) is 36.4 Å². The lowest BCUT2D eigenvalue weighted by molar-refractivity contribution is -0.118. The molecule has 0 saturated heterocycles. The van der Waals surface area contributed by atoms with Gasteiger partial charge in [-0.2, -0.15) is 8.78 Å². The molecule has 2 rings (SSSR count). The standard InChI is InChI=1S/C18H17F2NO6/c1-24-13-7-8-14(17(23)25-2)15(9-13)26-10-16(22)21-11-3-5-12(6-4-11)27-18(19)20/h3-9,18H,10H2,1-2H3,(H,21,22). The largest absolute Gasteiger partial charge is 0.497 e. The second kappa shape index (κ2) is 9.37. The fourth-order valence-electron chi connectivity index (χ4n) is 2.09. The topological polar surface area (TPSA) is 83.1 Å². The van der Waals surface area contributed by atoms with Crippen molar-refractivity contribution in [1.82, 2.24) is 0 Å². The normalized spacial score (nSPS) is 10.3. The number of ether oxygens (including phenoxy) is 4. The van der Waals surface area contributed by atoms with E-state index in [1.54, 1.807) is 6.07 Å². The Balaban J connectivity index is 1.99. The van der Waals surface area contributed by atoms with Crippen molar-refractivity contribution >= 4 is 17.6 Å². The molecule has 27 heavy (non-hydrogen) atoms. The van der Waals surface area contributed by atoms with Crippen LogP contribution in [0.2, 0.25) is 0 Å². The highest BCUT2D eigenvalue weighted by Gasteiger charge is 2.15. The van der Waals surface area contributed by atoms with E-state index in [1.165, 1.54) is 50.6 Å². The summed E-state index contributed by atoms with van der Waals surface area (Å²) in [6, 6.07) is 9.86. The van der Waals surface area contributed by atoms with Crippen molar-refractivity contribution in [2.75, 3.05) is 26.1 Å². The molecule has 2 aromatic carbocycles. The van der Waals surface area contributed by atoms with Crippen molar-refractivity contribution in [2.45, 2.75) is 6.61 Å². The molecule has 1 N–H and O–H groups in total. The number of hydrogen-bond acceptors (Lipinski definition) is 6. The van der Waals surface area contributed by atoms with Gasteiger partial charge in [0.15, 0.2) is 6.61 Å². The van der Waals surface area contributed by atoms with Crippen LogP contribution in [0.15, 0.2) is 42.5 Å². The fraction of sp³-hybridized carbons (Fsp3) is 0.222. The minimum atomic E-state index is -2.93. The van der Waals surface area contributed by atoms with Crippen molar-refractivity contribution in [3.8, 4) is 17.2 Å². The summed E-state index contributed by atoms with van der Waals surface area (Å²) in [7, 11) is 2.68. The molecule has 0 aromatic heterocycles. The first-order valence-corrected chi connectivity index (χ1v) is 7.67. The minimum absolute atomic E-state index is 0.0293. The molecule has 9 heteroatoms. The molecule has 2 aromatic rings. The molecule has 0 radical (unpaired) electrons. The van der Waals surface area contributed by atoms with Crippen LogP contribution in [0, 0.1) is 0 Å². The van der Waals surface area contributed by atoms with E-state index in [0.29, 0.717) is 11.4 Å². The van der Waals surface area contributed by atoms with Crippen LogP contribution in [-0.2, 0) is 9.53 Å². The fourth-order valence-corrected chi connectivity index (χ4v) is 2.09. The number of carbonyl (C=O) groups is 2. The minimum Gasteiger partial charge on any atom is -0.497 e. The molecule has 144 valence electrons. The third-order valence-corrected chi connectivity index (χ3v) is 3.32. The molecule has 0 aliphatic rings. The number of benzene rings is 2. The number of alkyl halides is 2. The lowest BCUT2D eigenvalue weighted by Crippen LogP contribution is -2.21. The molecule has 0 spiro atoms. The first kappa shape index (κ1) is 20.0. The van der Waals surface area contributed by atoms with Crippen LogP contribution in [0.3, 0.4) is 0 Å². The van der Waals surface area contributed by atoms with E-state index in [-0.39, 0.29) is 17.1 Å². The third-order valence-electron chi connectivity index (χ3n) is 3.32. The van der Waals surface area contributed by atoms with Gasteiger partial charge in [0.2, 0.25) is 0 Å². The Morgan fingerprint density at radius 3 is 2.30 bits per heavy atom. The number of anilines is 1. The molecule has 0 heterocycles. The molecule has 0 unspecified atom stereocenters. The van der Waals surface area contributed by atoms with E-state index in [4.69, 9.17) is 9.47 Å². The van der Waals surface area contributed by atoms with Gasteiger partial charge in [-0.3, -0.25) is 4.79 Å². The Labute approximate surface area is 153 Å². The van der Waals surface area contributed by atoms with Crippen LogP contribution in [0.25, 0.3) is 0 Å². The zero-order valence-electron chi connectivity index (χ0n) is 14.5. The van der Waals surface area contributed by atoms with E-state index >= 15 is 0 Å². The van der Waals surface area contributed by atoms with Gasteiger partial charge in [0.1, 0.15) is 22.8 Å². The van der Waals surface area contributed by atoms with Crippen molar-refractivity contribution in [3.05, 3.63) is 48.0 Å². The highest BCUT2D eigenvalue weighted by atomic mass is 19.3. The number of carbonyl (C=O) groups excluding carboxylic acids is 2. The number of hydrogen-bond donors (Lipinski definition) is 1. The van der Waals surface area contributed by atoms with Crippen molar-refractivity contribution in [1.29, 1.82) is 0 Å². The van der Waals surface area contributed by atoms with Crippen LogP contribution in [0.4, 0.5) is 14.5 Å². The van der Waals surface area contributed by atoms with Crippen LogP contribution in [0.5, 0.6) is 17.2 Å². The summed E-state index contributed by atoms with van der Waals surface area (Å²) in [5.74, 6) is -0.609. The molecule has 0 fully saturated rings. The van der Waals surface area contributed by atoms with Gasteiger partial charge >= 0.3 is 12.6 Å². The zero-order chi connectivity index (χ0) is 19.8. The van der Waals surface area contributed by atoms with E-state index in [9.17, 15) is 18.4 Å². The Morgan fingerprint density at radius 2 is 1.70 bits per heavy atom. The van der Waals surface area contributed by atoms with Gasteiger partial charge < -0.3 is 24.3 Å². The number of methoxy groups -OCH3 is 2. The number of halogens is 2. The molecule has 0 atom stereocenters. The Hall–Kier alpha value is -3.36. The summed E-state index contributed by atoms with van der Waals surface area (Å²) in [5.41, 5.74) is 0.503. The SMILES string of the molecule is COC(=O)c1ccc(OC)cc1OCC(=O)Nc1ccc(OC(F)F)cc1. The zero-order valence-corrected chi connectivity index (χ0v) is 14.5. The van der Waals surface area contributed by atoms with Gasteiger partial charge in [-0.1, -0.05) is 0 Å². The number of esters is 1. The average molecular weight is 381 g/mol. The predicted octanol–water partition coefficient (Wildman–Crippen LogP) is 3.10. The molecule has 0 bridgehead atoms. The Bertz CT molecular complexity index is 795. The van der Waals surface area contributed by atoms with Crippen LogP contribution < -0.4 is 19.5 Å². The number of rotatable bonds is 8. The van der Waals surface area contributed by atoms with Gasteiger partial charge in [0.05, 0.1) is 14.2 Å².